The third kappa shape index (κ3) is 1.26. The van der Waals surface area contributed by atoms with Gasteiger partial charge in [0.05, 0.1) is 12.2 Å². The number of hydrogen-bond acceptors (Lipinski definition) is 6. The Morgan fingerprint density at radius 2 is 2.00 bits per heavy atom. The molecule has 152 valence electrons. The van der Waals surface area contributed by atoms with Crippen LogP contribution in [0.15, 0.2) is 12.2 Å². The molecule has 6 heteroatoms. The van der Waals surface area contributed by atoms with Crippen molar-refractivity contribution in [1.29, 1.82) is 0 Å². The molecule has 9 fully saturated rings. The summed E-state index contributed by atoms with van der Waals surface area (Å²) in [6.07, 6.45) is 1.27. The van der Waals surface area contributed by atoms with Crippen molar-refractivity contribution < 1.29 is 24.9 Å². The minimum Gasteiger partial charge on any atom is -0.463 e. The first-order valence-electron chi connectivity index (χ1n) is 10.8. The van der Waals surface area contributed by atoms with Crippen LogP contribution in [-0.4, -0.2) is 68.7 Å². The number of ether oxygens (including phenoxy) is 1. The van der Waals surface area contributed by atoms with Crippen LogP contribution in [0.5, 0.6) is 0 Å². The highest BCUT2D eigenvalue weighted by Gasteiger charge is 2.94. The van der Waals surface area contributed by atoms with Gasteiger partial charge in [-0.2, -0.15) is 0 Å². The zero-order chi connectivity index (χ0) is 19.6. The molecule has 1 unspecified atom stereocenters. The van der Waals surface area contributed by atoms with Crippen LogP contribution >= 0.6 is 0 Å². The highest BCUT2D eigenvalue weighted by molar-refractivity contribution is 5.66. The number of fused-ring (bicyclic) bond motifs is 1. The molecule has 3 heterocycles. The molecule has 9 rings (SSSR count). The van der Waals surface area contributed by atoms with Crippen LogP contribution in [0.3, 0.4) is 0 Å². The number of aliphatic hydroxyl groups is 3. The summed E-state index contributed by atoms with van der Waals surface area (Å²) in [6, 6.07) is 0.245. The van der Waals surface area contributed by atoms with Crippen LogP contribution in [0.1, 0.15) is 39.5 Å². The second kappa shape index (κ2) is 4.25. The van der Waals surface area contributed by atoms with Crippen molar-refractivity contribution in [2.45, 2.75) is 75.5 Å². The molecule has 0 radical (unpaired) electrons. The topological polar surface area (TPSA) is 90.2 Å². The molecule has 0 aromatic heterocycles. The monoisotopic (exact) mass is 387 g/mol. The van der Waals surface area contributed by atoms with Crippen molar-refractivity contribution in [3.8, 4) is 0 Å². The van der Waals surface area contributed by atoms with Crippen LogP contribution in [0.2, 0.25) is 0 Å². The molecule has 0 amide bonds. The van der Waals surface area contributed by atoms with E-state index in [9.17, 15) is 20.1 Å². The zero-order valence-corrected chi connectivity index (χ0v) is 16.5. The Balaban J connectivity index is 1.49. The first-order valence-corrected chi connectivity index (χ1v) is 10.8. The minimum absolute atomic E-state index is 0.0237. The number of esters is 1. The summed E-state index contributed by atoms with van der Waals surface area (Å²) in [4.78, 5) is 14.3. The van der Waals surface area contributed by atoms with Crippen molar-refractivity contribution in [3.63, 3.8) is 0 Å². The number of aliphatic hydroxyl groups excluding tert-OH is 2. The lowest BCUT2D eigenvalue weighted by Crippen LogP contribution is -2.76. The Kier molecular flexibility index (Phi) is 2.55. The van der Waals surface area contributed by atoms with Crippen molar-refractivity contribution in [2.24, 2.45) is 34.0 Å². The predicted molar refractivity (Wildman–Crippen MR) is 97.9 cm³/mol. The number of carbonyl (C=O) groups excluding carboxylic acids is 1. The molecule has 3 saturated heterocycles. The molecule has 9 aliphatic rings. The van der Waals surface area contributed by atoms with E-state index in [2.05, 4.69) is 18.4 Å². The molecule has 13 atom stereocenters. The van der Waals surface area contributed by atoms with Crippen LogP contribution in [0.4, 0.5) is 0 Å². The molecule has 3 N–H and O–H groups in total. The fourth-order valence-corrected chi connectivity index (χ4v) is 11.0. The highest BCUT2D eigenvalue weighted by Crippen LogP contribution is 2.88. The van der Waals surface area contributed by atoms with E-state index in [1.54, 1.807) is 0 Å². The number of nitrogens with zero attached hydrogens (tertiary/aromatic N) is 1. The van der Waals surface area contributed by atoms with Crippen molar-refractivity contribution in [3.05, 3.63) is 12.2 Å². The van der Waals surface area contributed by atoms with Gasteiger partial charge < -0.3 is 20.1 Å². The maximum absolute atomic E-state index is 12.2. The molecule has 28 heavy (non-hydrogen) atoms. The number of carbonyl (C=O) groups is 1. The molecular weight excluding hydrogens is 358 g/mol. The summed E-state index contributed by atoms with van der Waals surface area (Å²) in [6.45, 7) is 8.85. The lowest BCUT2D eigenvalue weighted by Gasteiger charge is -2.67. The SMILES string of the molecule is C=C1C[C@@]23C[C@H]4[C@@H]5[C@]6(C)C[C@H](OC(C)=O)C[C@@]57[C@@H]2[C@H](O)[C@@H]1[C@@H](O)[C@]3(O)[C@H]7N4C6. The van der Waals surface area contributed by atoms with Crippen LogP contribution in [-0.2, 0) is 9.53 Å². The van der Waals surface area contributed by atoms with E-state index in [4.69, 9.17) is 4.74 Å². The van der Waals surface area contributed by atoms with E-state index in [1.165, 1.54) is 6.92 Å². The van der Waals surface area contributed by atoms with E-state index in [-0.39, 0.29) is 34.9 Å². The molecule has 6 nitrogen and oxygen atoms in total. The van der Waals surface area contributed by atoms with E-state index in [1.807, 2.05) is 0 Å². The zero-order valence-electron chi connectivity index (χ0n) is 16.5. The van der Waals surface area contributed by atoms with Crippen LogP contribution in [0, 0.1) is 34.0 Å². The smallest absolute Gasteiger partial charge is 0.302 e. The molecule has 6 aliphatic carbocycles. The van der Waals surface area contributed by atoms with E-state index in [0.717, 1.165) is 25.0 Å². The molecule has 0 aromatic rings. The molecule has 0 aromatic carbocycles. The third-order valence-electron chi connectivity index (χ3n) is 10.6. The summed E-state index contributed by atoms with van der Waals surface area (Å²) in [7, 11) is 0. The van der Waals surface area contributed by atoms with Gasteiger partial charge in [0.1, 0.15) is 11.7 Å². The first kappa shape index (κ1) is 16.8. The average Bonchev–Trinajstić information content (AvgIpc) is 2.97. The van der Waals surface area contributed by atoms with Gasteiger partial charge in [-0.1, -0.05) is 19.1 Å². The quantitative estimate of drug-likeness (QED) is 0.447. The Morgan fingerprint density at radius 3 is 2.71 bits per heavy atom. The number of rotatable bonds is 1. The lowest BCUT2D eigenvalue weighted by molar-refractivity contribution is -0.280. The largest absolute Gasteiger partial charge is 0.463 e. The van der Waals surface area contributed by atoms with Crippen LogP contribution in [0.25, 0.3) is 0 Å². The van der Waals surface area contributed by atoms with Gasteiger partial charge in [-0.25, -0.2) is 0 Å². The van der Waals surface area contributed by atoms with Crippen LogP contribution < -0.4 is 0 Å². The Hall–Kier alpha value is -0.950. The predicted octanol–water partition coefficient (Wildman–Crippen LogP) is 0.450. The summed E-state index contributed by atoms with van der Waals surface area (Å²) >= 11 is 0. The molecular formula is C22H29NO5. The number of piperidine rings is 2. The van der Waals surface area contributed by atoms with Crippen molar-refractivity contribution in [2.75, 3.05) is 6.54 Å². The lowest BCUT2D eigenvalue weighted by atomic mass is 9.39. The Morgan fingerprint density at radius 1 is 1.25 bits per heavy atom. The fourth-order valence-electron chi connectivity index (χ4n) is 11.0. The highest BCUT2D eigenvalue weighted by atomic mass is 16.5. The first-order chi connectivity index (χ1) is 13.1. The van der Waals surface area contributed by atoms with Crippen molar-refractivity contribution in [1.82, 2.24) is 4.90 Å². The molecule has 3 aliphatic heterocycles. The standard InChI is InChI=1S/C22H29NO5/c1-9-4-20-7-12-15-19(3)5-11(28-10(2)24)6-21(15)16(20)14(25)13(9)17(26)22(20,27)18(21)23(12)8-19/h11-18,25-27H,1,4-8H2,2-3H3/t11-,12-,13+,14+,15+,16+,17+,18-,19+,20+,21-,22-/m0/s1. The van der Waals surface area contributed by atoms with Gasteiger partial charge in [0.25, 0.3) is 0 Å². The van der Waals surface area contributed by atoms with Gasteiger partial charge in [0.15, 0.2) is 0 Å². The van der Waals surface area contributed by atoms with Crippen molar-refractivity contribution >= 4 is 5.97 Å². The van der Waals surface area contributed by atoms with Gasteiger partial charge in [-0.3, -0.25) is 9.69 Å². The van der Waals surface area contributed by atoms with Gasteiger partial charge in [0, 0.05) is 48.2 Å². The van der Waals surface area contributed by atoms with Gasteiger partial charge in [-0.05, 0) is 37.0 Å². The second-order valence-corrected chi connectivity index (χ2v) is 11.5. The Labute approximate surface area is 164 Å². The summed E-state index contributed by atoms with van der Waals surface area (Å²) < 4.78 is 5.75. The second-order valence-electron chi connectivity index (χ2n) is 11.5. The molecule has 2 spiro atoms. The Bertz CT molecular complexity index is 860. The van der Waals surface area contributed by atoms with Gasteiger partial charge in [0.2, 0.25) is 0 Å². The maximum Gasteiger partial charge on any atom is 0.302 e. The minimum atomic E-state index is -1.20. The van der Waals surface area contributed by atoms with E-state index in [0.29, 0.717) is 24.8 Å². The van der Waals surface area contributed by atoms with Gasteiger partial charge in [-0.15, -0.1) is 0 Å². The summed E-state index contributed by atoms with van der Waals surface area (Å²) in [5.74, 6) is -0.379. The van der Waals surface area contributed by atoms with E-state index < -0.39 is 29.1 Å². The summed E-state index contributed by atoms with van der Waals surface area (Å²) in [5.41, 5.74) is -1.07. The van der Waals surface area contributed by atoms with E-state index >= 15 is 0 Å². The summed E-state index contributed by atoms with van der Waals surface area (Å²) in [5, 5.41) is 35.1. The maximum atomic E-state index is 12.2. The van der Waals surface area contributed by atoms with Gasteiger partial charge >= 0.3 is 5.97 Å². The third-order valence-corrected chi connectivity index (χ3v) is 10.6. The fraction of sp³-hybridized carbons (Fsp3) is 0.864. The molecule has 6 saturated carbocycles. The normalized spacial score (nSPS) is 69.3. The average molecular weight is 387 g/mol. The molecule has 9 bridgehead atoms. The number of hydrogen-bond donors (Lipinski definition) is 3.